The van der Waals surface area contributed by atoms with Gasteiger partial charge in [-0.1, -0.05) is 11.8 Å². The normalized spacial score (nSPS) is 25.1. The zero-order valence-electron chi connectivity index (χ0n) is 16.9. The van der Waals surface area contributed by atoms with Crippen molar-refractivity contribution >= 4 is 5.91 Å². The Morgan fingerprint density at radius 3 is 2.17 bits per heavy atom. The third-order valence-electron chi connectivity index (χ3n) is 5.75. The number of amides is 1. The van der Waals surface area contributed by atoms with E-state index in [2.05, 4.69) is 16.7 Å². The van der Waals surface area contributed by atoms with Gasteiger partial charge in [0.2, 0.25) is 0 Å². The van der Waals surface area contributed by atoms with Gasteiger partial charge >= 0.3 is 0 Å². The van der Waals surface area contributed by atoms with Crippen LogP contribution in [0, 0.1) is 17.8 Å². The van der Waals surface area contributed by atoms with Crippen LogP contribution in [0.15, 0.2) is 48.5 Å². The molecule has 150 valence electrons. The molecule has 5 heteroatoms. The van der Waals surface area contributed by atoms with Gasteiger partial charge in [0, 0.05) is 37.7 Å². The third-order valence-corrected chi connectivity index (χ3v) is 5.75. The summed E-state index contributed by atoms with van der Waals surface area (Å²) in [6, 6.07) is 14.6. The van der Waals surface area contributed by atoms with E-state index >= 15 is 0 Å². The summed E-state index contributed by atoms with van der Waals surface area (Å²) in [6.07, 6.45) is 2.05. The highest BCUT2D eigenvalue weighted by Crippen LogP contribution is 2.35. The largest absolute Gasteiger partial charge is 0.457 e. The van der Waals surface area contributed by atoms with E-state index in [4.69, 9.17) is 4.74 Å². The van der Waals surface area contributed by atoms with E-state index in [0.29, 0.717) is 23.6 Å². The van der Waals surface area contributed by atoms with Crippen LogP contribution in [0.3, 0.4) is 0 Å². The fourth-order valence-corrected chi connectivity index (χ4v) is 4.03. The molecule has 3 heterocycles. The molecular formula is C24H26N2O3. The summed E-state index contributed by atoms with van der Waals surface area (Å²) >= 11 is 0. The first-order valence-electron chi connectivity index (χ1n) is 10.0. The minimum Gasteiger partial charge on any atom is -0.457 e. The minimum atomic E-state index is -0.891. The van der Waals surface area contributed by atoms with Gasteiger partial charge in [0.1, 0.15) is 17.1 Å². The van der Waals surface area contributed by atoms with Crippen LogP contribution < -0.4 is 4.74 Å². The van der Waals surface area contributed by atoms with Gasteiger partial charge in [-0.3, -0.25) is 9.69 Å². The Labute approximate surface area is 171 Å². The number of piperidine rings is 3. The minimum absolute atomic E-state index is 0.0379. The first-order chi connectivity index (χ1) is 13.9. The molecule has 0 aliphatic carbocycles. The monoisotopic (exact) mass is 390 g/mol. The molecule has 2 aromatic carbocycles. The van der Waals surface area contributed by atoms with E-state index < -0.39 is 5.60 Å². The lowest BCUT2D eigenvalue weighted by Gasteiger charge is -2.47. The lowest BCUT2D eigenvalue weighted by molar-refractivity contribution is -0.0713. The highest BCUT2D eigenvalue weighted by Gasteiger charge is 2.44. The Balaban J connectivity index is 1.41. The molecule has 5 nitrogen and oxygen atoms in total. The molecule has 3 aliphatic rings. The molecule has 2 aromatic rings. The predicted molar refractivity (Wildman–Crippen MR) is 112 cm³/mol. The highest BCUT2D eigenvalue weighted by atomic mass is 16.5. The molecule has 1 amide bonds. The lowest BCUT2D eigenvalue weighted by Crippen LogP contribution is -2.58. The second-order valence-electron chi connectivity index (χ2n) is 8.08. The maximum Gasteiger partial charge on any atom is 0.253 e. The second-order valence-corrected chi connectivity index (χ2v) is 8.08. The average molecular weight is 390 g/mol. The summed E-state index contributed by atoms with van der Waals surface area (Å²) in [4.78, 5) is 15.8. The molecular weight excluding hydrogens is 364 g/mol. The van der Waals surface area contributed by atoms with Gasteiger partial charge in [0.05, 0.1) is 0 Å². The molecule has 0 spiro atoms. The summed E-state index contributed by atoms with van der Waals surface area (Å²) in [5.74, 6) is 7.87. The van der Waals surface area contributed by atoms with Crippen molar-refractivity contribution in [1.29, 1.82) is 0 Å². The van der Waals surface area contributed by atoms with Crippen molar-refractivity contribution in [3.63, 3.8) is 0 Å². The number of benzene rings is 2. The van der Waals surface area contributed by atoms with Crippen LogP contribution in [-0.4, -0.2) is 60.1 Å². The summed E-state index contributed by atoms with van der Waals surface area (Å²) in [5.41, 5.74) is 0.588. The van der Waals surface area contributed by atoms with Crippen LogP contribution in [0.2, 0.25) is 0 Å². The number of ether oxygens (including phenoxy) is 1. The molecule has 29 heavy (non-hydrogen) atoms. The van der Waals surface area contributed by atoms with Crippen LogP contribution in [-0.2, 0) is 0 Å². The fourth-order valence-electron chi connectivity index (χ4n) is 4.03. The topological polar surface area (TPSA) is 53.0 Å². The summed E-state index contributed by atoms with van der Waals surface area (Å²) in [5, 5.41) is 10.9. The smallest absolute Gasteiger partial charge is 0.253 e. The molecule has 1 atom stereocenters. The number of aliphatic hydroxyl groups is 1. The third kappa shape index (κ3) is 4.29. The van der Waals surface area contributed by atoms with E-state index in [-0.39, 0.29) is 11.8 Å². The summed E-state index contributed by atoms with van der Waals surface area (Å²) in [6.45, 7) is 2.80. The Morgan fingerprint density at radius 2 is 1.66 bits per heavy atom. The first kappa shape index (κ1) is 19.5. The Bertz CT molecular complexity index is 933. The molecule has 0 aromatic heterocycles. The molecule has 5 rings (SSSR count). The number of carbonyl (C=O) groups excluding carboxylic acids is 1. The van der Waals surface area contributed by atoms with Crippen molar-refractivity contribution in [2.45, 2.75) is 18.4 Å². The van der Waals surface area contributed by atoms with Gasteiger partial charge in [-0.25, -0.2) is 0 Å². The SMILES string of the molecule is CN(C)C(=O)c1ccc(Oc2ccc(C#C[C@]3(O)CN4CCC3CC4)cc2)cc1. The Morgan fingerprint density at radius 1 is 1.07 bits per heavy atom. The maximum absolute atomic E-state index is 11.9. The summed E-state index contributed by atoms with van der Waals surface area (Å²) < 4.78 is 5.85. The summed E-state index contributed by atoms with van der Waals surface area (Å²) in [7, 11) is 3.46. The van der Waals surface area contributed by atoms with Gasteiger partial charge in [0.15, 0.2) is 0 Å². The van der Waals surface area contributed by atoms with Crippen LogP contribution in [0.1, 0.15) is 28.8 Å². The maximum atomic E-state index is 11.9. The number of nitrogens with zero attached hydrogens (tertiary/aromatic N) is 2. The van der Waals surface area contributed by atoms with Crippen molar-refractivity contribution in [2.75, 3.05) is 33.7 Å². The molecule has 3 aliphatic heterocycles. The van der Waals surface area contributed by atoms with Gasteiger partial charge in [-0.2, -0.15) is 0 Å². The molecule has 0 saturated carbocycles. The van der Waals surface area contributed by atoms with Gasteiger partial charge < -0.3 is 14.7 Å². The number of hydrogen-bond donors (Lipinski definition) is 1. The van der Waals surface area contributed by atoms with Gasteiger partial charge in [-0.15, -0.1) is 0 Å². The number of carbonyl (C=O) groups is 1. The van der Waals surface area contributed by atoms with Crippen LogP contribution in [0.25, 0.3) is 0 Å². The van der Waals surface area contributed by atoms with E-state index in [1.54, 1.807) is 43.3 Å². The van der Waals surface area contributed by atoms with E-state index in [9.17, 15) is 9.90 Å². The molecule has 1 N–H and O–H groups in total. The lowest BCUT2D eigenvalue weighted by atomic mass is 9.76. The van der Waals surface area contributed by atoms with Crippen LogP contribution in [0.5, 0.6) is 11.5 Å². The molecule has 2 bridgehead atoms. The van der Waals surface area contributed by atoms with Crippen LogP contribution in [0.4, 0.5) is 0 Å². The molecule has 3 fully saturated rings. The number of rotatable bonds is 3. The van der Waals surface area contributed by atoms with Crippen molar-refractivity contribution < 1.29 is 14.6 Å². The second kappa shape index (κ2) is 7.90. The zero-order valence-corrected chi connectivity index (χ0v) is 16.9. The van der Waals surface area contributed by atoms with E-state index in [1.807, 2.05) is 24.3 Å². The molecule has 0 radical (unpaired) electrons. The van der Waals surface area contributed by atoms with Crippen molar-refractivity contribution in [3.05, 3.63) is 59.7 Å². The molecule has 3 saturated heterocycles. The predicted octanol–water partition coefficient (Wildman–Crippen LogP) is 2.99. The van der Waals surface area contributed by atoms with E-state index in [1.165, 1.54) is 0 Å². The Hall–Kier alpha value is -2.81. The van der Waals surface area contributed by atoms with Gasteiger partial charge in [0.25, 0.3) is 5.91 Å². The van der Waals surface area contributed by atoms with E-state index in [0.717, 1.165) is 31.5 Å². The van der Waals surface area contributed by atoms with Gasteiger partial charge in [-0.05, 0) is 74.5 Å². The number of fused-ring (bicyclic) bond motifs is 3. The Kier molecular flexibility index (Phi) is 5.31. The molecule has 0 unspecified atom stereocenters. The quantitative estimate of drug-likeness (QED) is 0.819. The fraction of sp³-hybridized carbons (Fsp3) is 0.375. The average Bonchev–Trinajstić information content (AvgIpc) is 2.74. The first-order valence-corrected chi connectivity index (χ1v) is 10.0. The standard InChI is InChI=1S/C24H26N2O3/c1-25(2)23(27)19-5-9-22(10-6-19)29-21-7-3-18(4-8-21)11-14-24(28)17-26-15-12-20(24)13-16-26/h3-10,20,28H,12-13,15-17H2,1-2H3/t24-/m0/s1. The number of hydrogen-bond acceptors (Lipinski definition) is 4. The van der Waals surface area contributed by atoms with Crippen molar-refractivity contribution in [1.82, 2.24) is 9.80 Å². The zero-order chi connectivity index (χ0) is 20.4. The van der Waals surface area contributed by atoms with Crippen LogP contribution >= 0.6 is 0 Å². The highest BCUT2D eigenvalue weighted by molar-refractivity contribution is 5.93. The van der Waals surface area contributed by atoms with Crippen molar-refractivity contribution in [2.24, 2.45) is 5.92 Å². The van der Waals surface area contributed by atoms with Crippen molar-refractivity contribution in [3.8, 4) is 23.3 Å².